The highest BCUT2D eigenvalue weighted by atomic mass is 32.2. The summed E-state index contributed by atoms with van der Waals surface area (Å²) in [7, 11) is 0. The number of amides is 2. The minimum atomic E-state index is -0.0802. The smallest absolute Gasteiger partial charge is 0.233 e. The fourth-order valence-electron chi connectivity index (χ4n) is 2.01. The third kappa shape index (κ3) is 2.67. The summed E-state index contributed by atoms with van der Waals surface area (Å²) in [6.45, 7) is 4.20. The Morgan fingerprint density at radius 1 is 1.44 bits per heavy atom. The maximum absolute atomic E-state index is 11.6. The number of hydrogen-bond donors (Lipinski definition) is 1. The number of rotatable bonds is 3. The normalized spacial score (nSPS) is 19.1. The molecule has 0 bridgehead atoms. The third-order valence-corrected chi connectivity index (χ3v) is 4.08. The molecule has 1 aromatic rings. The van der Waals surface area contributed by atoms with E-state index in [0.29, 0.717) is 5.75 Å². The molecule has 5 heteroatoms. The van der Waals surface area contributed by atoms with Gasteiger partial charge >= 0.3 is 0 Å². The standard InChI is InChI=1S/C13H16N2O2S/c1-3-15-12(17)8-18-13(15)10-4-6-11(7-5-10)14-9(2)16/h4-7,13H,3,8H2,1-2H3,(H,14,16). The Balaban J connectivity index is 2.14. The molecular weight excluding hydrogens is 248 g/mol. The van der Waals surface area contributed by atoms with Crippen molar-refractivity contribution < 1.29 is 9.59 Å². The summed E-state index contributed by atoms with van der Waals surface area (Å²) < 4.78 is 0. The van der Waals surface area contributed by atoms with Gasteiger partial charge in [0.2, 0.25) is 11.8 Å². The van der Waals surface area contributed by atoms with Crippen LogP contribution < -0.4 is 5.32 Å². The monoisotopic (exact) mass is 264 g/mol. The molecule has 4 nitrogen and oxygen atoms in total. The Labute approximate surface area is 111 Å². The van der Waals surface area contributed by atoms with E-state index < -0.39 is 0 Å². The maximum atomic E-state index is 11.6. The Bertz CT molecular complexity index is 459. The molecule has 96 valence electrons. The van der Waals surface area contributed by atoms with Crippen molar-refractivity contribution >= 4 is 29.3 Å². The zero-order valence-electron chi connectivity index (χ0n) is 10.5. The Morgan fingerprint density at radius 3 is 2.67 bits per heavy atom. The van der Waals surface area contributed by atoms with Crippen LogP contribution in [0.3, 0.4) is 0 Å². The lowest BCUT2D eigenvalue weighted by Gasteiger charge is -2.22. The average Bonchev–Trinajstić information content (AvgIpc) is 2.70. The molecular formula is C13H16N2O2S. The average molecular weight is 264 g/mol. The number of anilines is 1. The van der Waals surface area contributed by atoms with Crippen LogP contribution in [-0.2, 0) is 9.59 Å². The van der Waals surface area contributed by atoms with Crippen LogP contribution in [0.5, 0.6) is 0 Å². The van der Waals surface area contributed by atoms with Gasteiger partial charge in [-0.25, -0.2) is 0 Å². The zero-order valence-corrected chi connectivity index (χ0v) is 11.3. The van der Waals surface area contributed by atoms with E-state index in [1.807, 2.05) is 36.1 Å². The first-order valence-corrected chi connectivity index (χ1v) is 6.95. The van der Waals surface area contributed by atoms with E-state index in [4.69, 9.17) is 0 Å². The van der Waals surface area contributed by atoms with E-state index in [0.717, 1.165) is 17.8 Å². The fraction of sp³-hybridized carbons (Fsp3) is 0.385. The molecule has 0 spiro atoms. The van der Waals surface area contributed by atoms with Gasteiger partial charge in [0.25, 0.3) is 0 Å². The van der Waals surface area contributed by atoms with E-state index in [1.165, 1.54) is 6.92 Å². The first kappa shape index (κ1) is 13.0. The SMILES string of the molecule is CCN1C(=O)CSC1c1ccc(NC(C)=O)cc1. The van der Waals surface area contributed by atoms with Crippen molar-refractivity contribution in [1.82, 2.24) is 4.90 Å². The van der Waals surface area contributed by atoms with Crippen LogP contribution in [-0.4, -0.2) is 29.0 Å². The molecule has 1 aliphatic heterocycles. The number of nitrogens with one attached hydrogen (secondary N) is 1. The summed E-state index contributed by atoms with van der Waals surface area (Å²) >= 11 is 1.65. The van der Waals surface area contributed by atoms with Crippen molar-refractivity contribution in [3.05, 3.63) is 29.8 Å². The quantitative estimate of drug-likeness (QED) is 0.911. The number of carbonyl (C=O) groups is 2. The highest BCUT2D eigenvalue weighted by Crippen LogP contribution is 2.38. The van der Waals surface area contributed by atoms with Crippen molar-refractivity contribution in [2.75, 3.05) is 17.6 Å². The molecule has 0 aromatic heterocycles. The lowest BCUT2D eigenvalue weighted by molar-refractivity contribution is -0.127. The van der Waals surface area contributed by atoms with E-state index in [-0.39, 0.29) is 17.2 Å². The second-order valence-corrected chi connectivity index (χ2v) is 5.21. The number of nitrogens with zero attached hydrogens (tertiary/aromatic N) is 1. The van der Waals surface area contributed by atoms with Crippen LogP contribution in [0.1, 0.15) is 24.8 Å². The van der Waals surface area contributed by atoms with Gasteiger partial charge in [0.1, 0.15) is 5.37 Å². The molecule has 18 heavy (non-hydrogen) atoms. The molecule has 1 aliphatic rings. The first-order chi connectivity index (χ1) is 8.61. The van der Waals surface area contributed by atoms with Crippen LogP contribution in [0, 0.1) is 0 Å². The summed E-state index contributed by atoms with van der Waals surface area (Å²) in [6.07, 6.45) is 0. The van der Waals surface area contributed by atoms with Crippen LogP contribution in [0.2, 0.25) is 0 Å². The molecule has 0 saturated carbocycles. The van der Waals surface area contributed by atoms with Gasteiger partial charge in [0.05, 0.1) is 5.75 Å². The van der Waals surface area contributed by atoms with E-state index in [2.05, 4.69) is 5.32 Å². The van der Waals surface area contributed by atoms with E-state index in [9.17, 15) is 9.59 Å². The van der Waals surface area contributed by atoms with Crippen LogP contribution in [0.4, 0.5) is 5.69 Å². The molecule has 0 radical (unpaired) electrons. The minimum Gasteiger partial charge on any atom is -0.326 e. The van der Waals surface area contributed by atoms with Crippen molar-refractivity contribution in [2.45, 2.75) is 19.2 Å². The molecule has 0 aliphatic carbocycles. The van der Waals surface area contributed by atoms with Crippen molar-refractivity contribution in [3.8, 4) is 0 Å². The summed E-state index contributed by atoms with van der Waals surface area (Å²) in [6, 6.07) is 7.66. The summed E-state index contributed by atoms with van der Waals surface area (Å²) in [5.41, 5.74) is 1.88. The molecule has 2 rings (SSSR count). The molecule has 1 aromatic carbocycles. The first-order valence-electron chi connectivity index (χ1n) is 5.90. The molecule has 1 unspecified atom stereocenters. The van der Waals surface area contributed by atoms with Crippen LogP contribution in [0.25, 0.3) is 0 Å². The predicted molar refractivity (Wildman–Crippen MR) is 73.3 cm³/mol. The van der Waals surface area contributed by atoms with Gasteiger partial charge < -0.3 is 10.2 Å². The highest BCUT2D eigenvalue weighted by Gasteiger charge is 2.31. The van der Waals surface area contributed by atoms with Gasteiger partial charge in [0, 0.05) is 19.2 Å². The maximum Gasteiger partial charge on any atom is 0.233 e. The number of thioether (sulfide) groups is 1. The second-order valence-electron chi connectivity index (χ2n) is 4.15. The van der Waals surface area contributed by atoms with Gasteiger partial charge in [-0.1, -0.05) is 12.1 Å². The van der Waals surface area contributed by atoms with Gasteiger partial charge in [-0.3, -0.25) is 9.59 Å². The summed E-state index contributed by atoms with van der Waals surface area (Å²) in [5, 5.41) is 2.84. The number of benzene rings is 1. The Kier molecular flexibility index (Phi) is 3.91. The molecule has 1 atom stereocenters. The number of carbonyl (C=O) groups excluding carboxylic acids is 2. The van der Waals surface area contributed by atoms with Gasteiger partial charge in [-0.05, 0) is 24.6 Å². The van der Waals surface area contributed by atoms with Crippen LogP contribution >= 0.6 is 11.8 Å². The third-order valence-electron chi connectivity index (χ3n) is 2.82. The topological polar surface area (TPSA) is 49.4 Å². The lowest BCUT2D eigenvalue weighted by atomic mass is 10.2. The van der Waals surface area contributed by atoms with Gasteiger partial charge in [-0.2, -0.15) is 0 Å². The van der Waals surface area contributed by atoms with Crippen molar-refractivity contribution in [1.29, 1.82) is 0 Å². The zero-order chi connectivity index (χ0) is 13.1. The summed E-state index contributed by atoms with van der Waals surface area (Å²) in [4.78, 5) is 24.5. The van der Waals surface area contributed by atoms with E-state index in [1.54, 1.807) is 11.8 Å². The number of hydrogen-bond acceptors (Lipinski definition) is 3. The van der Waals surface area contributed by atoms with Crippen molar-refractivity contribution in [2.24, 2.45) is 0 Å². The minimum absolute atomic E-state index is 0.0802. The second kappa shape index (κ2) is 5.44. The van der Waals surface area contributed by atoms with Gasteiger partial charge in [0.15, 0.2) is 0 Å². The highest BCUT2D eigenvalue weighted by molar-refractivity contribution is 8.00. The Morgan fingerprint density at radius 2 is 2.11 bits per heavy atom. The lowest BCUT2D eigenvalue weighted by Crippen LogP contribution is -2.27. The molecule has 1 N–H and O–H groups in total. The van der Waals surface area contributed by atoms with Crippen LogP contribution in [0.15, 0.2) is 24.3 Å². The Hall–Kier alpha value is -1.49. The predicted octanol–water partition coefficient (Wildman–Crippen LogP) is 2.24. The molecule has 2 amide bonds. The molecule has 1 saturated heterocycles. The summed E-state index contributed by atoms with van der Waals surface area (Å²) in [5.74, 6) is 0.660. The molecule has 1 heterocycles. The fourth-order valence-corrected chi connectivity index (χ4v) is 3.27. The largest absolute Gasteiger partial charge is 0.326 e. The van der Waals surface area contributed by atoms with Gasteiger partial charge in [-0.15, -0.1) is 11.8 Å². The van der Waals surface area contributed by atoms with Crippen molar-refractivity contribution in [3.63, 3.8) is 0 Å². The van der Waals surface area contributed by atoms with E-state index >= 15 is 0 Å². The molecule has 1 fully saturated rings.